The Labute approximate surface area is 153 Å². The lowest BCUT2D eigenvalue weighted by Gasteiger charge is -2.26. The number of rotatable bonds is 7. The van der Waals surface area contributed by atoms with E-state index in [2.05, 4.69) is 15.2 Å². The van der Waals surface area contributed by atoms with Gasteiger partial charge in [0.25, 0.3) is 11.8 Å². The van der Waals surface area contributed by atoms with Crippen LogP contribution in [0.2, 0.25) is 0 Å². The van der Waals surface area contributed by atoms with Crippen molar-refractivity contribution < 1.29 is 14.3 Å². The van der Waals surface area contributed by atoms with Gasteiger partial charge in [0, 0.05) is 18.0 Å². The maximum absolute atomic E-state index is 12.1. The van der Waals surface area contributed by atoms with E-state index in [1.807, 2.05) is 11.4 Å². The average molecular weight is 380 g/mol. The van der Waals surface area contributed by atoms with Gasteiger partial charge in [-0.2, -0.15) is 0 Å². The number of thiazole rings is 1. The molecule has 0 saturated carbocycles. The molecule has 1 aliphatic heterocycles. The van der Waals surface area contributed by atoms with E-state index in [-0.39, 0.29) is 11.6 Å². The molecule has 0 unspecified atom stereocenters. The zero-order valence-electron chi connectivity index (χ0n) is 13.7. The molecule has 1 aliphatic rings. The lowest BCUT2D eigenvalue weighted by atomic mass is 10.2. The van der Waals surface area contributed by atoms with Crippen LogP contribution in [0.4, 0.5) is 5.13 Å². The second-order valence-electron chi connectivity index (χ2n) is 5.64. The molecule has 0 aromatic carbocycles. The molecule has 3 N–H and O–H groups in total. The second-order valence-corrected chi connectivity index (χ2v) is 7.68. The molecular weight excluding hydrogens is 360 g/mol. The van der Waals surface area contributed by atoms with Crippen LogP contribution in [0.3, 0.4) is 0 Å². The molecule has 134 valence electrons. The molecule has 7 nitrogen and oxygen atoms in total. The Balaban J connectivity index is 1.61. The van der Waals surface area contributed by atoms with Crippen molar-refractivity contribution in [3.8, 4) is 0 Å². The Bertz CT molecular complexity index is 724. The highest BCUT2D eigenvalue weighted by Gasteiger charge is 2.18. The number of ether oxygens (including phenoxy) is 1. The number of nitrogens with one attached hydrogen (secondary N) is 1. The Morgan fingerprint density at radius 2 is 2.16 bits per heavy atom. The smallest absolute Gasteiger partial charge is 0.268 e. The van der Waals surface area contributed by atoms with Gasteiger partial charge in [-0.15, -0.1) is 22.7 Å². The summed E-state index contributed by atoms with van der Waals surface area (Å²) in [5.74, 6) is -0.783. The van der Waals surface area contributed by atoms with Crippen molar-refractivity contribution in [2.75, 3.05) is 38.2 Å². The molecule has 3 heterocycles. The van der Waals surface area contributed by atoms with E-state index in [1.165, 1.54) is 22.7 Å². The van der Waals surface area contributed by atoms with Gasteiger partial charge in [0.05, 0.1) is 18.1 Å². The SMILES string of the molecule is NC(=O)c1nc(NC(=O)c2cccs2)sc1CCCN1CCOCC1. The number of morpholine rings is 1. The maximum Gasteiger partial charge on any atom is 0.268 e. The van der Waals surface area contributed by atoms with Crippen molar-refractivity contribution in [3.05, 3.63) is 33.0 Å². The number of carbonyl (C=O) groups excluding carboxylic acids is 2. The van der Waals surface area contributed by atoms with Gasteiger partial charge in [-0.3, -0.25) is 19.8 Å². The number of nitrogens with zero attached hydrogens (tertiary/aromatic N) is 2. The van der Waals surface area contributed by atoms with E-state index >= 15 is 0 Å². The van der Waals surface area contributed by atoms with Gasteiger partial charge in [-0.25, -0.2) is 4.98 Å². The van der Waals surface area contributed by atoms with Gasteiger partial charge in [0.1, 0.15) is 5.69 Å². The molecule has 3 rings (SSSR count). The van der Waals surface area contributed by atoms with E-state index in [9.17, 15) is 9.59 Å². The van der Waals surface area contributed by atoms with Gasteiger partial charge in [0.2, 0.25) is 0 Å². The second kappa shape index (κ2) is 8.52. The number of primary amides is 1. The molecule has 0 radical (unpaired) electrons. The molecule has 0 atom stereocenters. The molecule has 2 aromatic rings. The van der Waals surface area contributed by atoms with Crippen LogP contribution >= 0.6 is 22.7 Å². The van der Waals surface area contributed by atoms with E-state index in [4.69, 9.17) is 10.5 Å². The molecular formula is C16H20N4O3S2. The maximum atomic E-state index is 12.1. The third-order valence-electron chi connectivity index (χ3n) is 3.88. The zero-order valence-corrected chi connectivity index (χ0v) is 15.3. The largest absolute Gasteiger partial charge is 0.379 e. The fourth-order valence-electron chi connectivity index (χ4n) is 2.62. The Kier molecular flexibility index (Phi) is 6.14. The summed E-state index contributed by atoms with van der Waals surface area (Å²) < 4.78 is 5.34. The number of aryl methyl sites for hydroxylation is 1. The number of amides is 2. The number of carbonyl (C=O) groups is 2. The molecule has 2 amide bonds. The first kappa shape index (κ1) is 18.0. The highest BCUT2D eigenvalue weighted by atomic mass is 32.1. The first-order valence-corrected chi connectivity index (χ1v) is 9.77. The predicted molar refractivity (Wildman–Crippen MR) is 98.5 cm³/mol. The van der Waals surface area contributed by atoms with Crippen molar-refractivity contribution in [1.82, 2.24) is 9.88 Å². The fraction of sp³-hybridized carbons (Fsp3) is 0.438. The minimum absolute atomic E-state index is 0.223. The summed E-state index contributed by atoms with van der Waals surface area (Å²) >= 11 is 2.67. The molecule has 1 saturated heterocycles. The highest BCUT2D eigenvalue weighted by molar-refractivity contribution is 7.16. The number of hydrogen-bond acceptors (Lipinski definition) is 7. The van der Waals surface area contributed by atoms with Gasteiger partial charge >= 0.3 is 0 Å². The Morgan fingerprint density at radius 3 is 2.84 bits per heavy atom. The number of aromatic nitrogens is 1. The van der Waals surface area contributed by atoms with Crippen LogP contribution in [0.25, 0.3) is 0 Å². The van der Waals surface area contributed by atoms with Gasteiger partial charge < -0.3 is 10.5 Å². The number of thiophene rings is 1. The Hall–Kier alpha value is -1.81. The van der Waals surface area contributed by atoms with E-state index in [1.54, 1.807) is 6.07 Å². The number of hydrogen-bond donors (Lipinski definition) is 2. The fourth-order valence-corrected chi connectivity index (χ4v) is 4.24. The van der Waals surface area contributed by atoms with Crippen molar-refractivity contribution in [1.29, 1.82) is 0 Å². The number of anilines is 1. The summed E-state index contributed by atoms with van der Waals surface area (Å²) in [4.78, 5) is 31.7. The molecule has 0 bridgehead atoms. The summed E-state index contributed by atoms with van der Waals surface area (Å²) in [5, 5.41) is 4.99. The minimum Gasteiger partial charge on any atom is -0.379 e. The van der Waals surface area contributed by atoms with Crippen LogP contribution in [0.15, 0.2) is 17.5 Å². The minimum atomic E-state index is -0.561. The van der Waals surface area contributed by atoms with Crippen LogP contribution in [0.5, 0.6) is 0 Å². The summed E-state index contributed by atoms with van der Waals surface area (Å²) in [6.45, 7) is 4.36. The average Bonchev–Trinajstić information content (AvgIpc) is 3.26. The predicted octanol–water partition coefficient (Wildman–Crippen LogP) is 1.82. The standard InChI is InChI=1S/C16H20N4O3S2/c17-14(21)13-11(3-1-5-20-6-8-23-9-7-20)25-16(18-13)19-15(22)12-4-2-10-24-12/h2,4,10H,1,3,5-9H2,(H2,17,21)(H,18,19,22). The topological polar surface area (TPSA) is 97.6 Å². The number of nitrogens with two attached hydrogens (primary N) is 1. The van der Waals surface area contributed by atoms with E-state index in [0.29, 0.717) is 16.4 Å². The van der Waals surface area contributed by atoms with Gasteiger partial charge in [0.15, 0.2) is 5.13 Å². The van der Waals surface area contributed by atoms with E-state index < -0.39 is 5.91 Å². The van der Waals surface area contributed by atoms with Crippen molar-refractivity contribution in [2.24, 2.45) is 5.73 Å². The molecule has 1 fully saturated rings. The summed E-state index contributed by atoms with van der Waals surface area (Å²) in [6.07, 6.45) is 1.61. The van der Waals surface area contributed by atoms with Crippen LogP contribution in [0.1, 0.15) is 31.5 Å². The van der Waals surface area contributed by atoms with Crippen LogP contribution < -0.4 is 11.1 Å². The first-order chi connectivity index (χ1) is 12.1. The van der Waals surface area contributed by atoms with Crippen LogP contribution in [-0.4, -0.2) is 54.5 Å². The summed E-state index contributed by atoms with van der Waals surface area (Å²) in [7, 11) is 0. The normalized spacial score (nSPS) is 15.2. The quantitative estimate of drug-likeness (QED) is 0.764. The molecule has 9 heteroatoms. The third-order valence-corrected chi connectivity index (χ3v) is 5.78. The molecule has 2 aromatic heterocycles. The van der Waals surface area contributed by atoms with E-state index in [0.717, 1.165) is 44.1 Å². The summed E-state index contributed by atoms with van der Waals surface area (Å²) in [6, 6.07) is 3.55. The van der Waals surface area contributed by atoms with Gasteiger partial charge in [-0.05, 0) is 30.8 Å². The summed E-state index contributed by atoms with van der Waals surface area (Å²) in [5.41, 5.74) is 5.69. The van der Waals surface area contributed by atoms with Gasteiger partial charge in [-0.1, -0.05) is 6.07 Å². The lowest BCUT2D eigenvalue weighted by Crippen LogP contribution is -2.36. The van der Waals surface area contributed by atoms with Crippen LogP contribution in [0, 0.1) is 0 Å². The Morgan fingerprint density at radius 1 is 1.36 bits per heavy atom. The third kappa shape index (κ3) is 4.85. The van der Waals surface area contributed by atoms with Crippen LogP contribution in [-0.2, 0) is 11.2 Å². The van der Waals surface area contributed by atoms with Crippen molar-refractivity contribution in [3.63, 3.8) is 0 Å². The molecule has 0 aliphatic carbocycles. The zero-order chi connectivity index (χ0) is 17.6. The monoisotopic (exact) mass is 380 g/mol. The molecule has 0 spiro atoms. The lowest BCUT2D eigenvalue weighted by molar-refractivity contribution is 0.0375. The molecule has 25 heavy (non-hydrogen) atoms. The van der Waals surface area contributed by atoms with Crippen molar-refractivity contribution >= 4 is 39.6 Å². The first-order valence-electron chi connectivity index (χ1n) is 8.08. The van der Waals surface area contributed by atoms with Crippen molar-refractivity contribution in [2.45, 2.75) is 12.8 Å². The highest BCUT2D eigenvalue weighted by Crippen LogP contribution is 2.25.